The second kappa shape index (κ2) is 12.2. The van der Waals surface area contributed by atoms with Gasteiger partial charge in [0, 0.05) is 28.9 Å². The number of halogens is 1. The van der Waals surface area contributed by atoms with Gasteiger partial charge in [-0.25, -0.2) is 0 Å². The Balaban J connectivity index is 1.50. The molecule has 3 rings (SSSR count). The van der Waals surface area contributed by atoms with Gasteiger partial charge in [-0.1, -0.05) is 45.9 Å². The predicted molar refractivity (Wildman–Crippen MR) is 136 cm³/mol. The molecule has 1 amide bonds. The van der Waals surface area contributed by atoms with Crippen molar-refractivity contribution >= 4 is 33.6 Å². The number of rotatable bonds is 11. The largest absolute Gasteiger partial charge is 0.493 e. The Labute approximate surface area is 212 Å². The first-order chi connectivity index (χ1) is 16.3. The second-order valence-corrected chi connectivity index (χ2v) is 10.3. The third-order valence-electron chi connectivity index (χ3n) is 4.47. The first-order valence-electron chi connectivity index (χ1n) is 10.7. The van der Waals surface area contributed by atoms with E-state index >= 15 is 0 Å². The number of carbonyl (C=O) groups is 1. The van der Waals surface area contributed by atoms with Crippen molar-refractivity contribution in [1.29, 1.82) is 0 Å². The normalized spacial score (nSPS) is 11.3. The molecule has 1 aromatic heterocycles. The van der Waals surface area contributed by atoms with Crippen molar-refractivity contribution in [2.24, 2.45) is 0 Å². The SMILES string of the molecule is COc1cc(CNCCSc2nnnn2-c2ccccc2)c(Br)cc1OCC(=O)NC(C)(C)C. The van der Waals surface area contributed by atoms with Crippen LogP contribution in [0.15, 0.2) is 52.1 Å². The molecule has 2 N–H and O–H groups in total. The summed E-state index contributed by atoms with van der Waals surface area (Å²) < 4.78 is 13.8. The molecule has 0 bridgehead atoms. The van der Waals surface area contributed by atoms with Crippen molar-refractivity contribution in [3.05, 3.63) is 52.5 Å². The number of methoxy groups -OCH3 is 1. The van der Waals surface area contributed by atoms with E-state index in [1.165, 1.54) is 0 Å². The van der Waals surface area contributed by atoms with Crippen LogP contribution in [0.1, 0.15) is 26.3 Å². The zero-order chi connectivity index (χ0) is 24.6. The molecule has 0 aliphatic carbocycles. The van der Waals surface area contributed by atoms with Gasteiger partial charge in [0.25, 0.3) is 5.91 Å². The zero-order valence-electron chi connectivity index (χ0n) is 19.7. The van der Waals surface area contributed by atoms with E-state index in [1.807, 2.05) is 63.2 Å². The molecule has 1 heterocycles. The van der Waals surface area contributed by atoms with Gasteiger partial charge in [0.1, 0.15) is 0 Å². The molecule has 0 radical (unpaired) electrons. The van der Waals surface area contributed by atoms with Gasteiger partial charge in [-0.2, -0.15) is 4.68 Å². The number of amides is 1. The van der Waals surface area contributed by atoms with Crippen LogP contribution in [0, 0.1) is 0 Å². The average molecular weight is 549 g/mol. The van der Waals surface area contributed by atoms with Crippen LogP contribution in [0.2, 0.25) is 0 Å². The minimum absolute atomic E-state index is 0.0860. The van der Waals surface area contributed by atoms with E-state index in [1.54, 1.807) is 23.6 Å². The predicted octanol–water partition coefficient (Wildman–Crippen LogP) is 3.61. The number of benzene rings is 2. The quantitative estimate of drug-likeness (QED) is 0.276. The molecule has 2 aromatic carbocycles. The van der Waals surface area contributed by atoms with Crippen LogP contribution in [0.25, 0.3) is 5.69 Å². The zero-order valence-corrected chi connectivity index (χ0v) is 22.1. The highest BCUT2D eigenvalue weighted by molar-refractivity contribution is 9.10. The molecule has 34 heavy (non-hydrogen) atoms. The minimum atomic E-state index is -0.313. The first-order valence-corrected chi connectivity index (χ1v) is 12.5. The third kappa shape index (κ3) is 7.71. The summed E-state index contributed by atoms with van der Waals surface area (Å²) in [6.07, 6.45) is 0. The Bertz CT molecular complexity index is 1090. The van der Waals surface area contributed by atoms with E-state index in [2.05, 4.69) is 42.1 Å². The number of hydrogen-bond acceptors (Lipinski definition) is 8. The van der Waals surface area contributed by atoms with Crippen LogP contribution in [0.3, 0.4) is 0 Å². The molecule has 0 fully saturated rings. The number of nitrogens with zero attached hydrogens (tertiary/aromatic N) is 4. The van der Waals surface area contributed by atoms with E-state index in [-0.39, 0.29) is 18.1 Å². The van der Waals surface area contributed by atoms with Crippen LogP contribution in [0.5, 0.6) is 11.5 Å². The molecule has 9 nitrogen and oxygen atoms in total. The molecule has 11 heteroatoms. The molecule has 0 spiro atoms. The molecular weight excluding hydrogens is 520 g/mol. The summed E-state index contributed by atoms with van der Waals surface area (Å²) in [6.45, 7) is 7.07. The van der Waals surface area contributed by atoms with E-state index in [9.17, 15) is 4.79 Å². The smallest absolute Gasteiger partial charge is 0.258 e. The van der Waals surface area contributed by atoms with E-state index in [4.69, 9.17) is 9.47 Å². The Hall–Kier alpha value is -2.63. The summed E-state index contributed by atoms with van der Waals surface area (Å²) in [5.74, 6) is 1.68. The van der Waals surface area contributed by atoms with Gasteiger partial charge in [0.2, 0.25) is 5.16 Å². The van der Waals surface area contributed by atoms with Crippen molar-refractivity contribution < 1.29 is 14.3 Å². The lowest BCUT2D eigenvalue weighted by atomic mass is 10.1. The van der Waals surface area contributed by atoms with Crippen molar-refractivity contribution in [1.82, 2.24) is 30.8 Å². The van der Waals surface area contributed by atoms with E-state index < -0.39 is 0 Å². The van der Waals surface area contributed by atoms with Gasteiger partial charge >= 0.3 is 0 Å². The highest BCUT2D eigenvalue weighted by atomic mass is 79.9. The van der Waals surface area contributed by atoms with Crippen molar-refractivity contribution in [3.63, 3.8) is 0 Å². The first kappa shape index (κ1) is 26.0. The maximum absolute atomic E-state index is 12.1. The van der Waals surface area contributed by atoms with Crippen LogP contribution in [-0.4, -0.2) is 57.7 Å². The third-order valence-corrected chi connectivity index (χ3v) is 6.13. The van der Waals surface area contributed by atoms with Crippen molar-refractivity contribution in [2.45, 2.75) is 38.0 Å². The molecule has 0 atom stereocenters. The van der Waals surface area contributed by atoms with E-state index in [0.29, 0.717) is 18.0 Å². The van der Waals surface area contributed by atoms with E-state index in [0.717, 1.165) is 33.2 Å². The molecular formula is C23H29BrN6O3S. The summed E-state index contributed by atoms with van der Waals surface area (Å²) in [4.78, 5) is 12.1. The maximum atomic E-state index is 12.1. The fourth-order valence-electron chi connectivity index (χ4n) is 3.02. The highest BCUT2D eigenvalue weighted by Crippen LogP contribution is 2.33. The minimum Gasteiger partial charge on any atom is -0.493 e. The summed E-state index contributed by atoms with van der Waals surface area (Å²) in [7, 11) is 1.58. The Morgan fingerprint density at radius 3 is 2.65 bits per heavy atom. The second-order valence-electron chi connectivity index (χ2n) is 8.42. The lowest BCUT2D eigenvalue weighted by molar-refractivity contribution is -0.124. The summed E-state index contributed by atoms with van der Waals surface area (Å²) in [5, 5.41) is 19.0. The van der Waals surface area contributed by atoms with Crippen molar-refractivity contribution in [3.8, 4) is 17.2 Å². The van der Waals surface area contributed by atoms with Gasteiger partial charge in [0.15, 0.2) is 18.1 Å². The lowest BCUT2D eigenvalue weighted by Crippen LogP contribution is -2.43. The van der Waals surface area contributed by atoms with Gasteiger partial charge in [-0.15, -0.1) is 5.10 Å². The fraction of sp³-hybridized carbons (Fsp3) is 0.391. The molecule has 3 aromatic rings. The number of ether oxygens (including phenoxy) is 2. The summed E-state index contributed by atoms with van der Waals surface area (Å²) >= 11 is 5.17. The Morgan fingerprint density at radius 1 is 1.18 bits per heavy atom. The number of tetrazole rings is 1. The van der Waals surface area contributed by atoms with Gasteiger partial charge < -0.3 is 20.1 Å². The standard InChI is InChI=1S/C23H29BrN6O3S/c1-23(2,3)26-21(31)15-33-20-13-18(24)16(12-19(20)32-4)14-25-10-11-34-22-27-28-29-30(22)17-8-6-5-7-9-17/h5-9,12-13,25H,10-11,14-15H2,1-4H3,(H,26,31). The molecule has 0 saturated heterocycles. The molecule has 0 saturated carbocycles. The Kier molecular flexibility index (Phi) is 9.31. The number of thioether (sulfide) groups is 1. The number of carbonyl (C=O) groups excluding carboxylic acids is 1. The molecule has 0 unspecified atom stereocenters. The summed E-state index contributed by atoms with van der Waals surface area (Å²) in [5.41, 5.74) is 1.63. The van der Waals surface area contributed by atoms with Crippen LogP contribution < -0.4 is 20.1 Å². The topological polar surface area (TPSA) is 103 Å². The number of nitrogens with one attached hydrogen (secondary N) is 2. The monoisotopic (exact) mass is 548 g/mol. The molecule has 0 aliphatic heterocycles. The number of para-hydroxylation sites is 1. The van der Waals surface area contributed by atoms with Crippen molar-refractivity contribution in [2.75, 3.05) is 26.0 Å². The maximum Gasteiger partial charge on any atom is 0.258 e. The molecule has 0 aliphatic rings. The fourth-order valence-corrected chi connectivity index (χ4v) is 4.27. The average Bonchev–Trinajstić information content (AvgIpc) is 3.26. The van der Waals surface area contributed by atoms with Crippen LogP contribution in [0.4, 0.5) is 0 Å². The Morgan fingerprint density at radius 2 is 1.94 bits per heavy atom. The number of aromatic nitrogens is 4. The summed E-state index contributed by atoms with van der Waals surface area (Å²) in [6, 6.07) is 13.5. The van der Waals surface area contributed by atoms with Gasteiger partial charge in [-0.05, 0) is 61.0 Å². The van der Waals surface area contributed by atoms with Gasteiger partial charge in [0.05, 0.1) is 12.8 Å². The lowest BCUT2D eigenvalue weighted by Gasteiger charge is -2.21. The van der Waals surface area contributed by atoms with Crippen LogP contribution >= 0.6 is 27.7 Å². The van der Waals surface area contributed by atoms with Gasteiger partial charge in [-0.3, -0.25) is 4.79 Å². The van der Waals surface area contributed by atoms with Crippen LogP contribution in [-0.2, 0) is 11.3 Å². The number of hydrogen-bond donors (Lipinski definition) is 2. The molecule has 182 valence electrons. The highest BCUT2D eigenvalue weighted by Gasteiger charge is 2.16.